The Bertz CT molecular complexity index is 77.7. The quantitative estimate of drug-likeness (QED) is 0.236. The number of nitrogens with one attached hydrogen (secondary N) is 3. The first kappa shape index (κ1) is 12.8. The Kier molecular flexibility index (Phi) is 11.7. The third kappa shape index (κ3) is 11.8. The number of nitrogens with two attached hydrogens (primary N) is 1. The fraction of sp³-hybridized carbons (Fsp3) is 1.00. The van der Waals surface area contributed by atoms with Crippen molar-refractivity contribution in [1.29, 1.82) is 0 Å². The van der Waals surface area contributed by atoms with E-state index in [0.29, 0.717) is 0 Å². The first-order valence-electron chi connectivity index (χ1n) is 5.35. The van der Waals surface area contributed by atoms with Crippen molar-refractivity contribution >= 4 is 0 Å². The normalized spacial score (nSPS) is 10.6. The van der Waals surface area contributed by atoms with Crippen LogP contribution in [0.1, 0.15) is 51.9 Å². The summed E-state index contributed by atoms with van der Waals surface area (Å²) in [4.78, 5) is 0. The monoisotopic (exact) mass is 188 g/mol. The predicted octanol–water partition coefficient (Wildman–Crippen LogP) is 1.21. The van der Waals surface area contributed by atoms with Crippen LogP contribution in [0.15, 0.2) is 0 Å². The molecule has 4 heteroatoms. The molecule has 0 fully saturated rings. The lowest BCUT2D eigenvalue weighted by Gasteiger charge is -2.04. The summed E-state index contributed by atoms with van der Waals surface area (Å²) in [5, 5.41) is 0. The van der Waals surface area contributed by atoms with Gasteiger partial charge in [0.2, 0.25) is 0 Å². The third-order valence-corrected chi connectivity index (χ3v) is 2.07. The van der Waals surface area contributed by atoms with Crippen LogP contribution in [0, 0.1) is 0 Å². The van der Waals surface area contributed by atoms with E-state index < -0.39 is 0 Å². The summed E-state index contributed by atoms with van der Waals surface area (Å²) in [5.41, 5.74) is 7.91. The summed E-state index contributed by atoms with van der Waals surface area (Å²) < 4.78 is 0. The highest BCUT2D eigenvalue weighted by Crippen LogP contribution is 2.05. The molecule has 0 radical (unpaired) electrons. The van der Waals surface area contributed by atoms with Gasteiger partial charge in [-0.2, -0.15) is 11.1 Å². The molecule has 13 heavy (non-hydrogen) atoms. The molecular formula is C9H24N4. The number of hydrogen-bond acceptors (Lipinski definition) is 4. The second-order valence-corrected chi connectivity index (χ2v) is 3.32. The average Bonchev–Trinajstić information content (AvgIpc) is 2.16. The molecule has 0 aromatic carbocycles. The van der Waals surface area contributed by atoms with Crippen LogP contribution < -0.4 is 22.3 Å². The number of hydrazine groups is 3. The maximum atomic E-state index is 5.00. The Labute approximate surface area is 81.6 Å². The van der Waals surface area contributed by atoms with E-state index in [-0.39, 0.29) is 0 Å². The summed E-state index contributed by atoms with van der Waals surface area (Å²) in [5.74, 6) is 5.00. The Hall–Kier alpha value is -0.160. The van der Waals surface area contributed by atoms with Gasteiger partial charge >= 0.3 is 0 Å². The second-order valence-electron chi connectivity index (χ2n) is 3.32. The van der Waals surface area contributed by atoms with Crippen LogP contribution in [-0.2, 0) is 0 Å². The molecule has 0 heterocycles. The zero-order valence-electron chi connectivity index (χ0n) is 8.73. The van der Waals surface area contributed by atoms with Gasteiger partial charge in [-0.1, -0.05) is 45.4 Å². The van der Waals surface area contributed by atoms with Crippen LogP contribution in [0.25, 0.3) is 0 Å². The van der Waals surface area contributed by atoms with Gasteiger partial charge in [0.1, 0.15) is 0 Å². The molecule has 0 aromatic rings. The first-order valence-corrected chi connectivity index (χ1v) is 5.35. The molecular weight excluding hydrogens is 164 g/mol. The molecule has 0 aliphatic heterocycles. The smallest absolute Gasteiger partial charge is 0.0113 e. The SMILES string of the molecule is CCCCCCCCCNNNN. The van der Waals surface area contributed by atoms with E-state index in [0.717, 1.165) is 6.54 Å². The van der Waals surface area contributed by atoms with Crippen molar-refractivity contribution < 1.29 is 0 Å². The molecule has 0 aliphatic rings. The molecule has 0 bridgehead atoms. The molecule has 0 unspecified atom stereocenters. The molecule has 0 saturated heterocycles. The highest BCUT2D eigenvalue weighted by Gasteiger charge is 1.89. The molecule has 5 N–H and O–H groups in total. The fourth-order valence-corrected chi connectivity index (χ4v) is 1.28. The van der Waals surface area contributed by atoms with Crippen LogP contribution in [0.3, 0.4) is 0 Å². The first-order chi connectivity index (χ1) is 6.41. The van der Waals surface area contributed by atoms with E-state index in [9.17, 15) is 0 Å². The lowest BCUT2D eigenvalue weighted by molar-refractivity contribution is 0.431. The predicted molar refractivity (Wildman–Crippen MR) is 56.5 cm³/mol. The van der Waals surface area contributed by atoms with Crippen LogP contribution in [-0.4, -0.2) is 6.54 Å². The fourth-order valence-electron chi connectivity index (χ4n) is 1.28. The van der Waals surface area contributed by atoms with Gasteiger partial charge in [-0.05, 0) is 6.42 Å². The minimum absolute atomic E-state index is 0.970. The van der Waals surface area contributed by atoms with Crippen LogP contribution in [0.5, 0.6) is 0 Å². The minimum Gasteiger partial charge on any atom is -0.257 e. The van der Waals surface area contributed by atoms with Gasteiger partial charge in [-0.25, -0.2) is 5.43 Å². The summed E-state index contributed by atoms with van der Waals surface area (Å²) in [7, 11) is 0. The van der Waals surface area contributed by atoms with Gasteiger partial charge in [-0.3, -0.25) is 5.84 Å². The Balaban J connectivity index is 2.76. The summed E-state index contributed by atoms with van der Waals surface area (Å²) >= 11 is 0. The maximum Gasteiger partial charge on any atom is 0.0113 e. The molecule has 4 nitrogen and oxygen atoms in total. The highest BCUT2D eigenvalue weighted by molar-refractivity contribution is 4.46. The molecule has 0 aliphatic carbocycles. The van der Waals surface area contributed by atoms with Crippen LogP contribution in [0.2, 0.25) is 0 Å². The van der Waals surface area contributed by atoms with Crippen molar-refractivity contribution in [2.45, 2.75) is 51.9 Å². The zero-order valence-corrected chi connectivity index (χ0v) is 8.73. The van der Waals surface area contributed by atoms with Crippen molar-refractivity contribution in [2.75, 3.05) is 6.54 Å². The van der Waals surface area contributed by atoms with E-state index in [1.54, 1.807) is 0 Å². The van der Waals surface area contributed by atoms with Crippen LogP contribution in [0.4, 0.5) is 0 Å². The Morgan fingerprint density at radius 1 is 0.923 bits per heavy atom. The minimum atomic E-state index is 0.970. The molecule has 0 rings (SSSR count). The van der Waals surface area contributed by atoms with Gasteiger partial charge in [0, 0.05) is 6.54 Å². The molecule has 80 valence electrons. The summed E-state index contributed by atoms with van der Waals surface area (Å²) in [6.07, 6.45) is 9.37. The van der Waals surface area contributed by atoms with E-state index in [4.69, 9.17) is 5.84 Å². The number of hydrogen-bond donors (Lipinski definition) is 4. The lowest BCUT2D eigenvalue weighted by Crippen LogP contribution is -2.47. The van der Waals surface area contributed by atoms with Crippen molar-refractivity contribution in [3.8, 4) is 0 Å². The van der Waals surface area contributed by atoms with E-state index in [2.05, 4.69) is 23.4 Å². The van der Waals surface area contributed by atoms with Crippen molar-refractivity contribution in [3.63, 3.8) is 0 Å². The Morgan fingerprint density at radius 2 is 1.54 bits per heavy atom. The number of unbranched alkanes of at least 4 members (excludes halogenated alkanes) is 6. The standard InChI is InChI=1S/C9H24N4/c1-2-3-4-5-6-7-8-9-11-13-12-10/h11-13H,2-10H2,1H3. The third-order valence-electron chi connectivity index (χ3n) is 2.07. The second kappa shape index (κ2) is 11.8. The van der Waals surface area contributed by atoms with Crippen LogP contribution >= 0.6 is 0 Å². The van der Waals surface area contributed by atoms with E-state index in [1.807, 2.05) is 0 Å². The topological polar surface area (TPSA) is 62.1 Å². The van der Waals surface area contributed by atoms with Gasteiger partial charge in [0.05, 0.1) is 0 Å². The number of rotatable bonds is 10. The maximum absolute atomic E-state index is 5.00. The van der Waals surface area contributed by atoms with E-state index >= 15 is 0 Å². The van der Waals surface area contributed by atoms with E-state index in [1.165, 1.54) is 44.9 Å². The molecule has 0 aromatic heterocycles. The highest BCUT2D eigenvalue weighted by atomic mass is 15.7. The van der Waals surface area contributed by atoms with Crippen molar-refractivity contribution in [2.24, 2.45) is 5.84 Å². The molecule has 0 atom stereocenters. The molecule has 0 amide bonds. The van der Waals surface area contributed by atoms with Gasteiger partial charge in [0.25, 0.3) is 0 Å². The van der Waals surface area contributed by atoms with Crippen molar-refractivity contribution in [3.05, 3.63) is 0 Å². The summed E-state index contributed by atoms with van der Waals surface area (Å²) in [6.45, 7) is 3.22. The van der Waals surface area contributed by atoms with Gasteiger partial charge in [0.15, 0.2) is 0 Å². The molecule has 0 spiro atoms. The summed E-state index contributed by atoms with van der Waals surface area (Å²) in [6, 6.07) is 0. The molecule has 0 saturated carbocycles. The average molecular weight is 188 g/mol. The van der Waals surface area contributed by atoms with Crippen molar-refractivity contribution in [1.82, 2.24) is 16.5 Å². The lowest BCUT2D eigenvalue weighted by atomic mass is 10.1. The van der Waals surface area contributed by atoms with Gasteiger partial charge in [-0.15, -0.1) is 0 Å². The Morgan fingerprint density at radius 3 is 2.15 bits per heavy atom. The van der Waals surface area contributed by atoms with Gasteiger partial charge < -0.3 is 0 Å². The zero-order chi connectivity index (χ0) is 9.78. The largest absolute Gasteiger partial charge is 0.257 e.